The van der Waals surface area contributed by atoms with E-state index in [9.17, 15) is 18.0 Å². The lowest BCUT2D eigenvalue weighted by Crippen LogP contribution is -2.41. The minimum atomic E-state index is -3.74. The van der Waals surface area contributed by atoms with E-state index in [-0.39, 0.29) is 17.2 Å². The van der Waals surface area contributed by atoms with Crippen LogP contribution < -0.4 is 20.7 Å². The predicted octanol–water partition coefficient (Wildman–Crippen LogP) is 2.15. The molecule has 4 N–H and O–H groups in total. The summed E-state index contributed by atoms with van der Waals surface area (Å²) < 4.78 is 28.1. The Kier molecular flexibility index (Phi) is 8.37. The van der Waals surface area contributed by atoms with Gasteiger partial charge in [0.2, 0.25) is 15.9 Å². The highest BCUT2D eigenvalue weighted by atomic mass is 32.2. The Morgan fingerprint density at radius 2 is 1.63 bits per heavy atom. The molecule has 2 rings (SSSR count). The van der Waals surface area contributed by atoms with Crippen LogP contribution in [0.3, 0.4) is 0 Å². The van der Waals surface area contributed by atoms with Gasteiger partial charge in [-0.3, -0.25) is 20.4 Å². The van der Waals surface area contributed by atoms with E-state index < -0.39 is 15.9 Å². The maximum Gasteiger partial charge on any atom is 0.269 e. The van der Waals surface area contributed by atoms with Crippen LogP contribution >= 0.6 is 0 Å². The van der Waals surface area contributed by atoms with E-state index in [1.54, 1.807) is 36.4 Å². The molecule has 2 aromatic rings. The van der Waals surface area contributed by atoms with Crippen LogP contribution in [-0.2, 0) is 21.2 Å². The van der Waals surface area contributed by atoms with Crippen molar-refractivity contribution in [2.45, 2.75) is 38.0 Å². The monoisotopic (exact) mass is 433 g/mol. The normalized spacial score (nSPS) is 11.2. The van der Waals surface area contributed by atoms with Crippen LogP contribution in [0.4, 0.5) is 0 Å². The van der Waals surface area contributed by atoms with Gasteiger partial charge in [0.1, 0.15) is 5.75 Å². The largest absolute Gasteiger partial charge is 0.494 e. The highest BCUT2D eigenvalue weighted by molar-refractivity contribution is 7.89. The molecule has 2 aromatic carbocycles. The third-order valence-corrected chi connectivity index (χ3v) is 5.22. The number of carbonyl (C=O) groups excluding carboxylic acids is 2. The van der Waals surface area contributed by atoms with E-state index in [2.05, 4.69) is 24.7 Å². The Balaban J connectivity index is 1.75. The van der Waals surface area contributed by atoms with E-state index in [4.69, 9.17) is 9.88 Å². The maximum atomic E-state index is 12.1. The number of sulfonamides is 1. The Morgan fingerprint density at radius 3 is 2.20 bits per heavy atom. The highest BCUT2D eigenvalue weighted by Crippen LogP contribution is 2.13. The number of nitrogens with two attached hydrogens (primary N) is 1. The summed E-state index contributed by atoms with van der Waals surface area (Å²) in [6.45, 7) is 4.86. The number of hydrogen-bond acceptors (Lipinski definition) is 5. The first-order chi connectivity index (χ1) is 14.1. The molecule has 162 valence electrons. The fourth-order valence-electron chi connectivity index (χ4n) is 2.48. The van der Waals surface area contributed by atoms with Gasteiger partial charge in [0, 0.05) is 12.0 Å². The number of benzene rings is 2. The van der Waals surface area contributed by atoms with Gasteiger partial charge in [-0.05, 0) is 60.7 Å². The van der Waals surface area contributed by atoms with Crippen molar-refractivity contribution in [3.8, 4) is 5.75 Å². The molecule has 0 unspecified atom stereocenters. The van der Waals surface area contributed by atoms with Crippen LogP contribution in [0, 0.1) is 5.92 Å². The fourth-order valence-corrected chi connectivity index (χ4v) is 3.00. The molecule has 0 bridgehead atoms. The number of rotatable bonds is 9. The molecule has 0 fully saturated rings. The average Bonchev–Trinajstić information content (AvgIpc) is 2.70. The minimum absolute atomic E-state index is 0.0132. The molecule has 0 aromatic heterocycles. The summed E-state index contributed by atoms with van der Waals surface area (Å²) in [4.78, 5) is 24.1. The van der Waals surface area contributed by atoms with E-state index in [1.165, 1.54) is 12.1 Å². The second kappa shape index (κ2) is 10.7. The standard InChI is InChI=1S/C21H27N3O5S/c1-15(2)13-14-29-18-8-6-17(7-9-18)21(26)24-23-20(25)12-5-16-3-10-19(11-4-16)30(22,27)28/h3-4,6-11,15H,5,12-14H2,1-2H3,(H,23,25)(H,24,26)(H2,22,27,28). The van der Waals surface area contributed by atoms with Crippen LogP contribution in [0.15, 0.2) is 53.4 Å². The van der Waals surface area contributed by atoms with Gasteiger partial charge in [-0.25, -0.2) is 13.6 Å². The molecule has 0 saturated carbocycles. The number of primary sulfonamides is 1. The molecule has 8 nitrogen and oxygen atoms in total. The van der Waals surface area contributed by atoms with Gasteiger partial charge in [-0.2, -0.15) is 0 Å². The van der Waals surface area contributed by atoms with E-state index in [0.717, 1.165) is 12.0 Å². The molecule has 0 spiro atoms. The predicted molar refractivity (Wildman–Crippen MR) is 113 cm³/mol. The molecular weight excluding hydrogens is 406 g/mol. The van der Waals surface area contributed by atoms with Crippen molar-refractivity contribution in [3.63, 3.8) is 0 Å². The molecule has 30 heavy (non-hydrogen) atoms. The Bertz CT molecular complexity index is 955. The number of hydrogen-bond donors (Lipinski definition) is 3. The summed E-state index contributed by atoms with van der Waals surface area (Å²) in [7, 11) is -3.74. The fraction of sp³-hybridized carbons (Fsp3) is 0.333. The van der Waals surface area contributed by atoms with Gasteiger partial charge in [0.05, 0.1) is 11.5 Å². The Morgan fingerprint density at radius 1 is 1.00 bits per heavy atom. The van der Waals surface area contributed by atoms with E-state index >= 15 is 0 Å². The average molecular weight is 434 g/mol. The second-order valence-corrected chi connectivity index (χ2v) is 8.81. The van der Waals surface area contributed by atoms with Crippen molar-refractivity contribution >= 4 is 21.8 Å². The summed E-state index contributed by atoms with van der Waals surface area (Å²) in [5.41, 5.74) is 5.90. The second-order valence-electron chi connectivity index (χ2n) is 7.25. The molecule has 0 aliphatic carbocycles. The zero-order valence-electron chi connectivity index (χ0n) is 17.1. The van der Waals surface area contributed by atoms with Crippen LogP contribution in [0.2, 0.25) is 0 Å². The lowest BCUT2D eigenvalue weighted by molar-refractivity contribution is -0.121. The number of aryl methyl sites for hydroxylation is 1. The molecule has 0 radical (unpaired) electrons. The molecule has 0 atom stereocenters. The molecule has 0 aliphatic heterocycles. The first-order valence-electron chi connectivity index (χ1n) is 9.59. The van der Waals surface area contributed by atoms with E-state index in [0.29, 0.717) is 30.3 Å². The number of hydrazine groups is 1. The Hall–Kier alpha value is -2.91. The summed E-state index contributed by atoms with van der Waals surface area (Å²) in [5, 5.41) is 5.05. The van der Waals surface area contributed by atoms with Crippen LogP contribution in [0.25, 0.3) is 0 Å². The SMILES string of the molecule is CC(C)CCOc1ccc(C(=O)NNC(=O)CCc2ccc(S(N)(=O)=O)cc2)cc1. The molecule has 0 aliphatic rings. The van der Waals surface area contributed by atoms with Crippen molar-refractivity contribution in [2.24, 2.45) is 11.1 Å². The summed E-state index contributed by atoms with van der Waals surface area (Å²) in [5.74, 6) is 0.437. The van der Waals surface area contributed by atoms with Gasteiger partial charge < -0.3 is 4.74 Å². The van der Waals surface area contributed by atoms with Crippen molar-refractivity contribution < 1.29 is 22.7 Å². The van der Waals surface area contributed by atoms with Gasteiger partial charge in [-0.15, -0.1) is 0 Å². The quantitative estimate of drug-likeness (QED) is 0.522. The summed E-state index contributed by atoms with van der Waals surface area (Å²) in [6, 6.07) is 12.6. The highest BCUT2D eigenvalue weighted by Gasteiger charge is 2.10. The number of carbonyl (C=O) groups is 2. The maximum absolute atomic E-state index is 12.1. The molecule has 0 heterocycles. The minimum Gasteiger partial charge on any atom is -0.494 e. The number of ether oxygens (including phenoxy) is 1. The molecule has 9 heteroatoms. The summed E-state index contributed by atoms with van der Waals surface area (Å²) >= 11 is 0. The van der Waals surface area contributed by atoms with E-state index in [1.807, 2.05) is 0 Å². The van der Waals surface area contributed by atoms with Crippen molar-refractivity contribution in [2.75, 3.05) is 6.61 Å². The third-order valence-electron chi connectivity index (χ3n) is 4.29. The molecular formula is C21H27N3O5S. The van der Waals surface area contributed by atoms with Crippen LogP contribution in [0.1, 0.15) is 42.6 Å². The number of nitrogens with one attached hydrogen (secondary N) is 2. The molecule has 0 saturated heterocycles. The lowest BCUT2D eigenvalue weighted by atomic mass is 10.1. The zero-order valence-corrected chi connectivity index (χ0v) is 17.9. The zero-order chi connectivity index (χ0) is 22.1. The lowest BCUT2D eigenvalue weighted by Gasteiger charge is -2.10. The third kappa shape index (κ3) is 7.84. The van der Waals surface area contributed by atoms with Gasteiger partial charge in [-0.1, -0.05) is 26.0 Å². The van der Waals surface area contributed by atoms with Crippen molar-refractivity contribution in [1.82, 2.24) is 10.9 Å². The van der Waals surface area contributed by atoms with Crippen LogP contribution in [0.5, 0.6) is 5.75 Å². The molecule has 2 amide bonds. The Labute approximate surface area is 176 Å². The van der Waals surface area contributed by atoms with Crippen molar-refractivity contribution in [1.29, 1.82) is 0 Å². The number of amides is 2. The smallest absolute Gasteiger partial charge is 0.269 e. The van der Waals surface area contributed by atoms with Crippen molar-refractivity contribution in [3.05, 3.63) is 59.7 Å². The summed E-state index contributed by atoms with van der Waals surface area (Å²) in [6.07, 6.45) is 1.46. The topological polar surface area (TPSA) is 128 Å². The van der Waals surface area contributed by atoms with Crippen LogP contribution in [-0.4, -0.2) is 26.8 Å². The van der Waals surface area contributed by atoms with Gasteiger partial charge >= 0.3 is 0 Å². The first kappa shape index (κ1) is 23.4. The van der Waals surface area contributed by atoms with Gasteiger partial charge in [0.25, 0.3) is 5.91 Å². The first-order valence-corrected chi connectivity index (χ1v) is 11.1. The van der Waals surface area contributed by atoms with Gasteiger partial charge in [0.15, 0.2) is 0 Å².